The van der Waals surface area contributed by atoms with Crippen molar-refractivity contribution in [3.63, 3.8) is 0 Å². The molecule has 0 spiro atoms. The standard InChI is InChI=1S/C13H18N4O2/c1-7(2)17(6-12(15)18)11-5-10-8(3-9(11)14)4-13(19)16-10/h3,5,7H,4,6,14H2,1-2H3,(H2,15,18)(H,16,19). The number of fused-ring (bicyclic) bond motifs is 1. The lowest BCUT2D eigenvalue weighted by molar-refractivity contribution is -0.117. The number of hydrogen-bond donors (Lipinski definition) is 3. The van der Waals surface area contributed by atoms with E-state index >= 15 is 0 Å². The van der Waals surface area contributed by atoms with Gasteiger partial charge in [-0.15, -0.1) is 0 Å². The minimum absolute atomic E-state index is 0.0439. The summed E-state index contributed by atoms with van der Waals surface area (Å²) in [5, 5.41) is 2.77. The molecule has 5 N–H and O–H groups in total. The average Bonchev–Trinajstić information content (AvgIpc) is 2.63. The molecule has 6 nitrogen and oxygen atoms in total. The normalized spacial score (nSPS) is 13.3. The molecule has 0 atom stereocenters. The van der Waals surface area contributed by atoms with Gasteiger partial charge in [-0.3, -0.25) is 9.59 Å². The third kappa shape index (κ3) is 2.62. The lowest BCUT2D eigenvalue weighted by Gasteiger charge is -2.29. The van der Waals surface area contributed by atoms with E-state index < -0.39 is 5.91 Å². The van der Waals surface area contributed by atoms with Crippen molar-refractivity contribution in [1.82, 2.24) is 0 Å². The lowest BCUT2D eigenvalue weighted by Crippen LogP contribution is -2.39. The van der Waals surface area contributed by atoms with Gasteiger partial charge in [-0.2, -0.15) is 0 Å². The van der Waals surface area contributed by atoms with Crippen LogP contribution >= 0.6 is 0 Å². The van der Waals surface area contributed by atoms with Gasteiger partial charge in [-0.05, 0) is 31.5 Å². The first kappa shape index (κ1) is 13.2. The van der Waals surface area contributed by atoms with Gasteiger partial charge < -0.3 is 21.7 Å². The third-order valence-corrected chi connectivity index (χ3v) is 3.14. The number of hydrogen-bond acceptors (Lipinski definition) is 4. The fraction of sp³-hybridized carbons (Fsp3) is 0.385. The van der Waals surface area contributed by atoms with E-state index in [9.17, 15) is 9.59 Å². The summed E-state index contributed by atoms with van der Waals surface area (Å²) in [4.78, 5) is 24.3. The molecule has 0 radical (unpaired) electrons. The number of carbonyl (C=O) groups excluding carboxylic acids is 2. The van der Waals surface area contributed by atoms with E-state index in [2.05, 4.69) is 5.32 Å². The van der Waals surface area contributed by atoms with Crippen molar-refractivity contribution in [1.29, 1.82) is 0 Å². The van der Waals surface area contributed by atoms with Gasteiger partial charge in [0, 0.05) is 11.7 Å². The minimum atomic E-state index is -0.419. The first-order chi connectivity index (χ1) is 8.88. The van der Waals surface area contributed by atoms with Crippen LogP contribution in [0.4, 0.5) is 17.1 Å². The number of nitrogens with one attached hydrogen (secondary N) is 1. The molecule has 1 aliphatic rings. The van der Waals surface area contributed by atoms with Crippen LogP contribution in [-0.2, 0) is 16.0 Å². The van der Waals surface area contributed by atoms with E-state index in [-0.39, 0.29) is 18.5 Å². The van der Waals surface area contributed by atoms with Crippen molar-refractivity contribution in [2.75, 3.05) is 22.5 Å². The van der Waals surface area contributed by atoms with Gasteiger partial charge in [0.15, 0.2) is 0 Å². The van der Waals surface area contributed by atoms with Crippen LogP contribution in [-0.4, -0.2) is 24.4 Å². The quantitative estimate of drug-likeness (QED) is 0.686. The highest BCUT2D eigenvalue weighted by Crippen LogP contribution is 2.34. The molecular formula is C13H18N4O2. The molecule has 0 saturated carbocycles. The van der Waals surface area contributed by atoms with E-state index in [0.29, 0.717) is 12.1 Å². The Hall–Kier alpha value is -2.24. The largest absolute Gasteiger partial charge is 0.397 e. The van der Waals surface area contributed by atoms with Crippen molar-refractivity contribution in [2.45, 2.75) is 26.3 Å². The average molecular weight is 262 g/mol. The summed E-state index contributed by atoms with van der Waals surface area (Å²) in [5.41, 5.74) is 14.2. The minimum Gasteiger partial charge on any atom is -0.397 e. The zero-order valence-electron chi connectivity index (χ0n) is 11.1. The van der Waals surface area contributed by atoms with Crippen LogP contribution in [0.25, 0.3) is 0 Å². The van der Waals surface area contributed by atoms with Crippen LogP contribution in [0.15, 0.2) is 12.1 Å². The van der Waals surface area contributed by atoms with Crippen molar-refractivity contribution in [2.24, 2.45) is 5.73 Å². The molecule has 0 aliphatic carbocycles. The molecule has 2 amide bonds. The number of amides is 2. The van der Waals surface area contributed by atoms with Crippen LogP contribution in [0, 0.1) is 0 Å². The SMILES string of the molecule is CC(C)N(CC(N)=O)c1cc2c(cc1N)CC(=O)N2. The number of nitrogens with zero attached hydrogens (tertiary/aromatic N) is 1. The van der Waals surface area contributed by atoms with Gasteiger partial charge in [0.05, 0.1) is 24.3 Å². The lowest BCUT2D eigenvalue weighted by atomic mass is 10.1. The Balaban J connectivity index is 2.41. The number of nitrogen functional groups attached to an aromatic ring is 1. The molecule has 6 heteroatoms. The first-order valence-corrected chi connectivity index (χ1v) is 6.15. The second-order valence-corrected chi connectivity index (χ2v) is 4.98. The number of rotatable bonds is 4. The van der Waals surface area contributed by atoms with Crippen molar-refractivity contribution in [3.8, 4) is 0 Å². The molecular weight excluding hydrogens is 244 g/mol. The third-order valence-electron chi connectivity index (χ3n) is 3.14. The Morgan fingerprint density at radius 3 is 2.74 bits per heavy atom. The summed E-state index contributed by atoms with van der Waals surface area (Å²) >= 11 is 0. The predicted octanol–water partition coefficient (Wildman–Crippen LogP) is 0.463. The van der Waals surface area contributed by atoms with Gasteiger partial charge in [-0.1, -0.05) is 0 Å². The second-order valence-electron chi connectivity index (χ2n) is 4.98. The van der Waals surface area contributed by atoms with Gasteiger partial charge in [0.1, 0.15) is 0 Å². The summed E-state index contributed by atoms with van der Waals surface area (Å²) in [7, 11) is 0. The Morgan fingerprint density at radius 1 is 1.47 bits per heavy atom. The Labute approximate surface area is 111 Å². The van der Waals surface area contributed by atoms with Crippen LogP contribution in [0.2, 0.25) is 0 Å². The maximum Gasteiger partial charge on any atom is 0.236 e. The summed E-state index contributed by atoms with van der Waals surface area (Å²) in [6.45, 7) is 4.00. The fourth-order valence-electron chi connectivity index (χ4n) is 2.24. The Morgan fingerprint density at radius 2 is 2.16 bits per heavy atom. The van der Waals surface area contributed by atoms with Crippen molar-refractivity contribution in [3.05, 3.63) is 17.7 Å². The molecule has 1 aromatic carbocycles. The smallest absolute Gasteiger partial charge is 0.236 e. The van der Waals surface area contributed by atoms with E-state index in [1.165, 1.54) is 0 Å². The molecule has 19 heavy (non-hydrogen) atoms. The monoisotopic (exact) mass is 262 g/mol. The summed E-state index contributed by atoms with van der Waals surface area (Å²) in [5.74, 6) is -0.463. The van der Waals surface area contributed by atoms with E-state index in [1.54, 1.807) is 12.1 Å². The molecule has 0 saturated heterocycles. The first-order valence-electron chi connectivity index (χ1n) is 6.15. The number of carbonyl (C=O) groups is 2. The molecule has 1 aromatic rings. The van der Waals surface area contributed by atoms with Crippen LogP contribution < -0.4 is 21.7 Å². The number of anilines is 3. The summed E-state index contributed by atoms with van der Waals surface area (Å²) < 4.78 is 0. The van der Waals surface area contributed by atoms with E-state index in [4.69, 9.17) is 11.5 Å². The highest BCUT2D eigenvalue weighted by atomic mass is 16.2. The molecule has 0 unspecified atom stereocenters. The maximum atomic E-state index is 11.4. The second kappa shape index (κ2) is 4.79. The van der Waals surface area contributed by atoms with Crippen LogP contribution in [0.3, 0.4) is 0 Å². The Bertz CT molecular complexity index is 540. The molecule has 1 heterocycles. The van der Waals surface area contributed by atoms with Crippen molar-refractivity contribution < 1.29 is 9.59 Å². The highest BCUT2D eigenvalue weighted by Gasteiger charge is 2.22. The molecule has 2 rings (SSSR count). The number of primary amides is 1. The zero-order valence-corrected chi connectivity index (χ0v) is 11.1. The number of nitrogens with two attached hydrogens (primary N) is 2. The van der Waals surface area contributed by atoms with Gasteiger partial charge in [0.2, 0.25) is 11.8 Å². The van der Waals surface area contributed by atoms with Gasteiger partial charge >= 0.3 is 0 Å². The molecule has 102 valence electrons. The maximum absolute atomic E-state index is 11.4. The van der Waals surface area contributed by atoms with Crippen LogP contribution in [0.1, 0.15) is 19.4 Å². The van der Waals surface area contributed by atoms with E-state index in [1.807, 2.05) is 18.7 Å². The predicted molar refractivity (Wildman–Crippen MR) is 74.9 cm³/mol. The topological polar surface area (TPSA) is 101 Å². The zero-order chi connectivity index (χ0) is 14.2. The molecule has 0 bridgehead atoms. The molecule has 1 aliphatic heterocycles. The van der Waals surface area contributed by atoms with E-state index in [0.717, 1.165) is 16.9 Å². The highest BCUT2D eigenvalue weighted by molar-refractivity contribution is 6.01. The molecule has 0 aromatic heterocycles. The van der Waals surface area contributed by atoms with Crippen LogP contribution in [0.5, 0.6) is 0 Å². The summed E-state index contributed by atoms with van der Waals surface area (Å²) in [6.07, 6.45) is 0.345. The Kier molecular flexibility index (Phi) is 3.33. The van der Waals surface area contributed by atoms with Gasteiger partial charge in [-0.25, -0.2) is 0 Å². The number of benzene rings is 1. The van der Waals surface area contributed by atoms with Gasteiger partial charge in [0.25, 0.3) is 0 Å². The fourth-order valence-corrected chi connectivity index (χ4v) is 2.24. The molecule has 0 fully saturated rings. The van der Waals surface area contributed by atoms with Crippen molar-refractivity contribution >= 4 is 28.9 Å². The summed E-state index contributed by atoms with van der Waals surface area (Å²) in [6, 6.07) is 3.65.